The lowest BCUT2D eigenvalue weighted by Gasteiger charge is -2.32. The lowest BCUT2D eigenvalue weighted by Crippen LogP contribution is -2.39. The molecular formula is C32H32O12. The summed E-state index contributed by atoms with van der Waals surface area (Å²) in [5.74, 6) is -2.84. The molecule has 1 N–H and O–H groups in total. The summed E-state index contributed by atoms with van der Waals surface area (Å²) in [7, 11) is 0. The van der Waals surface area contributed by atoms with E-state index in [4.69, 9.17) is 28.4 Å². The normalized spacial score (nSPS) is 11.5. The molecule has 0 bridgehead atoms. The Balaban J connectivity index is 1.85. The van der Waals surface area contributed by atoms with Gasteiger partial charge in [0.1, 0.15) is 41.6 Å². The van der Waals surface area contributed by atoms with E-state index in [-0.39, 0.29) is 66.7 Å². The number of carbonyl (C=O) groups is 5. The van der Waals surface area contributed by atoms with Crippen molar-refractivity contribution in [1.82, 2.24) is 0 Å². The predicted octanol–water partition coefficient (Wildman–Crippen LogP) is 4.19. The van der Waals surface area contributed by atoms with Crippen molar-refractivity contribution in [3.05, 3.63) is 89.5 Å². The van der Waals surface area contributed by atoms with Gasteiger partial charge in [0.05, 0.1) is 17.6 Å². The second-order valence-electron chi connectivity index (χ2n) is 9.60. The van der Waals surface area contributed by atoms with Gasteiger partial charge in [-0.25, -0.2) is 9.59 Å². The molecule has 232 valence electrons. The molecule has 0 amide bonds. The van der Waals surface area contributed by atoms with E-state index in [1.807, 2.05) is 0 Å². The second kappa shape index (κ2) is 16.0. The first-order valence-electron chi connectivity index (χ1n) is 13.5. The van der Waals surface area contributed by atoms with Crippen LogP contribution in [0.2, 0.25) is 0 Å². The smallest absolute Gasteiger partial charge is 0.341 e. The summed E-state index contributed by atoms with van der Waals surface area (Å²) in [5.41, 5.74) is -1.08. The van der Waals surface area contributed by atoms with Gasteiger partial charge < -0.3 is 33.5 Å². The van der Waals surface area contributed by atoms with Gasteiger partial charge in [-0.2, -0.15) is 0 Å². The fourth-order valence-corrected chi connectivity index (χ4v) is 3.97. The Bertz CT molecular complexity index is 1410. The molecule has 0 aliphatic carbocycles. The van der Waals surface area contributed by atoms with Gasteiger partial charge in [-0.05, 0) is 36.8 Å². The van der Waals surface area contributed by atoms with Crippen molar-refractivity contribution in [2.45, 2.75) is 33.5 Å². The van der Waals surface area contributed by atoms with Gasteiger partial charge in [0.15, 0.2) is 6.29 Å². The van der Waals surface area contributed by atoms with E-state index in [9.17, 15) is 29.1 Å². The van der Waals surface area contributed by atoms with E-state index < -0.39 is 35.6 Å². The molecule has 44 heavy (non-hydrogen) atoms. The van der Waals surface area contributed by atoms with Crippen LogP contribution < -0.4 is 14.2 Å². The number of aliphatic hydroxyl groups excluding tert-OH is 1. The lowest BCUT2D eigenvalue weighted by atomic mass is 9.87. The van der Waals surface area contributed by atoms with Crippen LogP contribution in [0.15, 0.2) is 72.8 Å². The van der Waals surface area contributed by atoms with Crippen molar-refractivity contribution in [3.63, 3.8) is 0 Å². The van der Waals surface area contributed by atoms with Crippen LogP contribution in [0.25, 0.3) is 0 Å². The first kappa shape index (κ1) is 33.4. The van der Waals surface area contributed by atoms with Gasteiger partial charge in [0.2, 0.25) is 0 Å². The van der Waals surface area contributed by atoms with Crippen LogP contribution in [-0.4, -0.2) is 55.3 Å². The molecule has 0 spiro atoms. The van der Waals surface area contributed by atoms with Gasteiger partial charge in [-0.1, -0.05) is 49.4 Å². The molecule has 0 saturated heterocycles. The topological polar surface area (TPSA) is 161 Å². The Hall–Kier alpha value is -5.07. The molecule has 12 heteroatoms. The highest BCUT2D eigenvalue weighted by Crippen LogP contribution is 2.32. The van der Waals surface area contributed by atoms with Gasteiger partial charge in [0, 0.05) is 13.8 Å². The summed E-state index contributed by atoms with van der Waals surface area (Å²) in [6, 6.07) is 18.2. The van der Waals surface area contributed by atoms with Crippen molar-refractivity contribution < 1.29 is 57.5 Å². The lowest BCUT2D eigenvalue weighted by molar-refractivity contribution is -0.146. The van der Waals surface area contributed by atoms with Crippen LogP contribution in [-0.2, 0) is 28.6 Å². The molecule has 12 nitrogen and oxygen atoms in total. The number of hydrogen-bond acceptors (Lipinski definition) is 12. The minimum atomic E-state index is -1.57. The largest absolute Gasteiger partial charge is 0.461 e. The average Bonchev–Trinajstić information content (AvgIpc) is 3.01. The van der Waals surface area contributed by atoms with Crippen molar-refractivity contribution in [2.75, 3.05) is 19.8 Å². The first-order valence-corrected chi connectivity index (χ1v) is 13.5. The second-order valence-corrected chi connectivity index (χ2v) is 9.60. The summed E-state index contributed by atoms with van der Waals surface area (Å²) >= 11 is 0. The third-order valence-corrected chi connectivity index (χ3v) is 6.40. The molecule has 3 aromatic carbocycles. The third-order valence-electron chi connectivity index (χ3n) is 6.40. The molecule has 0 aromatic heterocycles. The predicted molar refractivity (Wildman–Crippen MR) is 153 cm³/mol. The summed E-state index contributed by atoms with van der Waals surface area (Å²) in [4.78, 5) is 60.1. The maximum atomic E-state index is 13.1. The number of carbonyl (C=O) groups excluding carboxylic acids is 5. The number of hydrogen-bond donors (Lipinski definition) is 1. The summed E-state index contributed by atoms with van der Waals surface area (Å²) in [6.07, 6.45) is -1.35. The van der Waals surface area contributed by atoms with E-state index in [0.29, 0.717) is 0 Å². The van der Waals surface area contributed by atoms with E-state index in [1.165, 1.54) is 50.2 Å². The monoisotopic (exact) mass is 608 g/mol. The highest BCUT2D eigenvalue weighted by molar-refractivity contribution is 5.94. The van der Waals surface area contributed by atoms with Crippen LogP contribution in [0.5, 0.6) is 17.2 Å². The Morgan fingerprint density at radius 1 is 0.727 bits per heavy atom. The van der Waals surface area contributed by atoms with E-state index >= 15 is 0 Å². The number of ether oxygens (including phenoxy) is 6. The summed E-state index contributed by atoms with van der Waals surface area (Å²) in [5, 5.41) is 10.8. The number of aliphatic hydroxyl groups is 1. The fourth-order valence-electron chi connectivity index (χ4n) is 3.97. The molecule has 3 rings (SSSR count). The molecule has 0 heterocycles. The number of benzene rings is 3. The van der Waals surface area contributed by atoms with Crippen molar-refractivity contribution in [3.8, 4) is 17.2 Å². The fraction of sp³-hybridized carbons (Fsp3) is 0.281. The van der Waals surface area contributed by atoms with Crippen molar-refractivity contribution in [2.24, 2.45) is 5.41 Å². The van der Waals surface area contributed by atoms with E-state index in [1.54, 1.807) is 43.3 Å². The molecule has 0 aliphatic heterocycles. The van der Waals surface area contributed by atoms with Gasteiger partial charge in [-0.15, -0.1) is 0 Å². The molecule has 1 unspecified atom stereocenters. The Kier molecular flexibility index (Phi) is 12.1. The maximum Gasteiger partial charge on any atom is 0.341 e. The quantitative estimate of drug-likeness (QED) is 0.114. The zero-order valence-corrected chi connectivity index (χ0v) is 24.3. The van der Waals surface area contributed by atoms with Crippen LogP contribution in [0.4, 0.5) is 0 Å². The average molecular weight is 609 g/mol. The van der Waals surface area contributed by atoms with Gasteiger partial charge >= 0.3 is 23.9 Å². The van der Waals surface area contributed by atoms with E-state index in [2.05, 4.69) is 0 Å². The third kappa shape index (κ3) is 9.21. The van der Waals surface area contributed by atoms with Gasteiger partial charge in [0.25, 0.3) is 6.47 Å². The van der Waals surface area contributed by atoms with Gasteiger partial charge in [-0.3, -0.25) is 14.4 Å². The van der Waals surface area contributed by atoms with Crippen molar-refractivity contribution >= 4 is 30.3 Å². The Labute approximate surface area is 253 Å². The molecule has 0 saturated carbocycles. The highest BCUT2D eigenvalue weighted by atomic mass is 16.6. The zero-order valence-electron chi connectivity index (χ0n) is 24.3. The number of rotatable bonds is 15. The maximum absolute atomic E-state index is 13.1. The molecule has 1 atom stereocenters. The molecule has 0 fully saturated rings. The van der Waals surface area contributed by atoms with Crippen molar-refractivity contribution in [1.29, 1.82) is 0 Å². The standard InChI is InChI=1S/C32H32O12/c1-4-32(17-39-29(36)23-11-5-8-14-26(23)42-20-33,18-40-30(37)24-12-6-9-15-27(24)43-21(2)34)19-41-31(38)25-13-7-10-16-28(25)44-22(3)35/h5-16,20,29,36H,4,17-19H2,1-3H3. The molecule has 3 aromatic rings. The number of para-hydroxylation sites is 3. The highest BCUT2D eigenvalue weighted by Gasteiger charge is 2.35. The summed E-state index contributed by atoms with van der Waals surface area (Å²) < 4.78 is 32.1. The van der Waals surface area contributed by atoms with Crippen LogP contribution >= 0.6 is 0 Å². The Morgan fingerprint density at radius 3 is 1.64 bits per heavy atom. The number of esters is 4. The zero-order chi connectivity index (χ0) is 32.1. The van der Waals surface area contributed by atoms with Crippen LogP contribution in [0, 0.1) is 5.41 Å². The minimum absolute atomic E-state index is 0.000869. The van der Waals surface area contributed by atoms with Crippen LogP contribution in [0.3, 0.4) is 0 Å². The van der Waals surface area contributed by atoms with E-state index in [0.717, 1.165) is 0 Å². The first-order chi connectivity index (χ1) is 21.1. The molecule has 0 radical (unpaired) electrons. The van der Waals surface area contributed by atoms with Crippen LogP contribution in [0.1, 0.15) is 59.8 Å². The SMILES string of the molecule is CCC(COC(=O)c1ccccc1OC(C)=O)(COC(=O)c1ccccc1OC(C)=O)COC(O)c1ccccc1OC=O. The Morgan fingerprint density at radius 2 is 1.18 bits per heavy atom. The molecule has 0 aliphatic rings. The summed E-state index contributed by atoms with van der Waals surface area (Å²) in [6.45, 7) is 3.34. The minimum Gasteiger partial charge on any atom is -0.461 e. The molecular weight excluding hydrogens is 576 g/mol.